The summed E-state index contributed by atoms with van der Waals surface area (Å²) in [6, 6.07) is 23.0. The van der Waals surface area contributed by atoms with Gasteiger partial charge < -0.3 is 5.11 Å². The summed E-state index contributed by atoms with van der Waals surface area (Å²) >= 11 is 0. The fourth-order valence-electron chi connectivity index (χ4n) is 2.19. The molecule has 0 amide bonds. The van der Waals surface area contributed by atoms with Crippen LogP contribution < -0.4 is 5.43 Å². The van der Waals surface area contributed by atoms with Crippen molar-refractivity contribution < 1.29 is 27.0 Å². The Hall–Kier alpha value is -3.28. The summed E-state index contributed by atoms with van der Waals surface area (Å²) in [5.41, 5.74) is 4.87. The van der Waals surface area contributed by atoms with Crippen molar-refractivity contribution in [2.24, 2.45) is 15.3 Å². The van der Waals surface area contributed by atoms with Crippen LogP contribution in [0.3, 0.4) is 0 Å². The fraction of sp³-hybridized carbons (Fsp3) is 0. The molecule has 0 fully saturated rings. The van der Waals surface area contributed by atoms with Crippen LogP contribution in [0.15, 0.2) is 94.2 Å². The number of azo groups is 1. The average molecular weight is 408 g/mol. The van der Waals surface area contributed by atoms with Crippen molar-refractivity contribution in [1.82, 2.24) is 0 Å². The van der Waals surface area contributed by atoms with Crippen molar-refractivity contribution in [2.75, 3.05) is 5.43 Å². The van der Waals surface area contributed by atoms with Gasteiger partial charge in [-0.3, -0.25) is 10.2 Å². The molecule has 0 aliphatic heterocycles. The molecule has 0 aliphatic carbocycles. The third-order valence-corrected chi connectivity index (χ3v) is 3.53. The van der Waals surface area contributed by atoms with Crippen LogP contribution in [0.5, 0.6) is 5.75 Å². The second-order valence-electron chi connectivity index (χ2n) is 5.31. The van der Waals surface area contributed by atoms with Crippen LogP contribution in [0.1, 0.15) is 15.9 Å². The number of anilines is 1. The first-order valence-corrected chi connectivity index (χ1v) is 7.91. The average Bonchev–Trinajstić information content (AvgIpc) is 2.70. The summed E-state index contributed by atoms with van der Waals surface area (Å²) in [6.45, 7) is 0. The molecule has 1 radical (unpaired) electrons. The first-order valence-electron chi connectivity index (χ1n) is 7.91. The van der Waals surface area contributed by atoms with Gasteiger partial charge in [-0.15, -0.1) is 10.2 Å². The van der Waals surface area contributed by atoms with Crippen molar-refractivity contribution in [3.8, 4) is 5.75 Å². The van der Waals surface area contributed by atoms with Crippen molar-refractivity contribution in [1.29, 1.82) is 0 Å². The molecule has 0 heterocycles. The Labute approximate surface area is 167 Å². The molecular formula is C20H16CuN4O2. The minimum atomic E-state index is 0. The van der Waals surface area contributed by atoms with Gasteiger partial charge in [-0.1, -0.05) is 54.6 Å². The van der Waals surface area contributed by atoms with Gasteiger partial charge in [0.05, 0.1) is 11.4 Å². The molecule has 0 aromatic heterocycles. The molecule has 3 aromatic carbocycles. The Kier molecular flexibility index (Phi) is 7.43. The maximum absolute atomic E-state index is 11.1. The monoisotopic (exact) mass is 407 g/mol. The maximum Gasteiger partial charge on any atom is 0.201 e. The van der Waals surface area contributed by atoms with Crippen LogP contribution in [-0.2, 0) is 17.1 Å². The number of hydrazone groups is 1. The molecule has 6 nitrogen and oxygen atoms in total. The number of nitrogens with zero attached hydrogens (tertiary/aromatic N) is 3. The predicted octanol–water partition coefficient (Wildman–Crippen LogP) is 4.76. The van der Waals surface area contributed by atoms with Crippen LogP contribution >= 0.6 is 0 Å². The van der Waals surface area contributed by atoms with Crippen LogP contribution in [0.2, 0.25) is 0 Å². The largest absolute Gasteiger partial charge is 0.506 e. The number of phenols is 1. The molecule has 139 valence electrons. The molecule has 0 bridgehead atoms. The van der Waals surface area contributed by atoms with Gasteiger partial charge in [0.2, 0.25) is 5.84 Å². The molecule has 0 unspecified atom stereocenters. The summed E-state index contributed by atoms with van der Waals surface area (Å²) in [7, 11) is 0. The van der Waals surface area contributed by atoms with Crippen molar-refractivity contribution in [3.05, 3.63) is 90.0 Å². The van der Waals surface area contributed by atoms with Gasteiger partial charge in [0.1, 0.15) is 5.75 Å². The van der Waals surface area contributed by atoms with Crippen LogP contribution in [0.25, 0.3) is 0 Å². The van der Waals surface area contributed by atoms with Crippen molar-refractivity contribution >= 4 is 23.5 Å². The Morgan fingerprint density at radius 3 is 2.30 bits per heavy atom. The Balaban J connectivity index is 0.00000261. The minimum absolute atomic E-state index is 0. The minimum Gasteiger partial charge on any atom is -0.506 e. The van der Waals surface area contributed by atoms with E-state index in [-0.39, 0.29) is 22.8 Å². The molecule has 0 atom stereocenters. The Bertz CT molecular complexity index is 959. The molecule has 0 spiro atoms. The molecule has 0 aliphatic rings. The Morgan fingerprint density at radius 2 is 1.56 bits per heavy atom. The van der Waals surface area contributed by atoms with E-state index in [4.69, 9.17) is 0 Å². The van der Waals surface area contributed by atoms with E-state index in [1.807, 2.05) is 30.3 Å². The van der Waals surface area contributed by atoms with Crippen LogP contribution in [0, 0.1) is 0 Å². The van der Waals surface area contributed by atoms with Crippen LogP contribution in [-0.4, -0.2) is 17.2 Å². The van der Waals surface area contributed by atoms with E-state index >= 15 is 0 Å². The van der Waals surface area contributed by atoms with E-state index in [1.165, 1.54) is 0 Å². The normalized spacial score (nSPS) is 11.0. The number of carbonyl (C=O) groups excluding carboxylic acids is 1. The maximum atomic E-state index is 11.1. The summed E-state index contributed by atoms with van der Waals surface area (Å²) in [5, 5.41) is 22.4. The van der Waals surface area contributed by atoms with Gasteiger partial charge >= 0.3 is 0 Å². The zero-order chi connectivity index (χ0) is 18.2. The molecule has 7 heteroatoms. The van der Waals surface area contributed by atoms with E-state index < -0.39 is 0 Å². The number of hydrogen-bond donors (Lipinski definition) is 2. The van der Waals surface area contributed by atoms with Gasteiger partial charge in [-0.05, 0) is 24.3 Å². The van der Waals surface area contributed by atoms with E-state index in [2.05, 4.69) is 20.8 Å². The Morgan fingerprint density at radius 1 is 0.889 bits per heavy atom. The fourth-order valence-corrected chi connectivity index (χ4v) is 2.19. The predicted molar refractivity (Wildman–Crippen MR) is 101 cm³/mol. The molecule has 3 aromatic rings. The second-order valence-corrected chi connectivity index (χ2v) is 5.31. The summed E-state index contributed by atoms with van der Waals surface area (Å²) in [5.74, 6) is 0.390. The number of aromatic hydroxyl groups is 1. The molecule has 3 rings (SSSR count). The van der Waals surface area contributed by atoms with E-state index in [0.717, 1.165) is 11.8 Å². The zero-order valence-corrected chi connectivity index (χ0v) is 15.0. The number of amidine groups is 1. The number of nitrogens with one attached hydrogen (secondary N) is 1. The van der Waals surface area contributed by atoms with Crippen molar-refractivity contribution in [3.63, 3.8) is 0 Å². The number of para-hydroxylation sites is 2. The summed E-state index contributed by atoms with van der Waals surface area (Å²) < 4.78 is 0. The van der Waals surface area contributed by atoms with Crippen LogP contribution in [0.4, 0.5) is 11.4 Å². The number of aldehydes is 1. The van der Waals surface area contributed by atoms with Gasteiger partial charge in [0.25, 0.3) is 0 Å². The molecule has 0 saturated heterocycles. The summed E-state index contributed by atoms with van der Waals surface area (Å²) in [4.78, 5) is 11.1. The van der Waals surface area contributed by atoms with E-state index in [9.17, 15) is 9.90 Å². The standard InChI is InChI=1S/C20H16N4O2.Cu/c25-14-16-10-4-5-11-17(16)21-23-20(15-8-2-1-3-9-15)24-22-18-12-6-7-13-19(18)26;/h1-14,22,26H;/b23-21?,24-20-;. The van der Waals surface area contributed by atoms with E-state index in [1.54, 1.807) is 48.5 Å². The number of hydrogen-bond acceptors (Lipinski definition) is 5. The molecular weight excluding hydrogens is 392 g/mol. The second kappa shape index (κ2) is 10.0. The smallest absolute Gasteiger partial charge is 0.201 e. The summed E-state index contributed by atoms with van der Waals surface area (Å²) in [6.07, 6.45) is 0.730. The third-order valence-electron chi connectivity index (χ3n) is 3.53. The number of carbonyl (C=O) groups is 1. The van der Waals surface area contributed by atoms with Gasteiger partial charge in [0.15, 0.2) is 6.29 Å². The van der Waals surface area contributed by atoms with Gasteiger partial charge in [-0.25, -0.2) is 0 Å². The zero-order valence-electron chi connectivity index (χ0n) is 14.1. The van der Waals surface area contributed by atoms with Gasteiger partial charge in [-0.2, -0.15) is 5.10 Å². The number of phenolic OH excluding ortho intramolecular Hbond substituents is 1. The van der Waals surface area contributed by atoms with E-state index in [0.29, 0.717) is 22.8 Å². The molecule has 27 heavy (non-hydrogen) atoms. The number of rotatable bonds is 5. The first-order chi connectivity index (χ1) is 12.8. The SMILES string of the molecule is O=Cc1ccccc1N=N/C(=N\Nc1ccccc1O)c1ccccc1.[Cu]. The quantitative estimate of drug-likeness (QED) is 0.121. The molecule has 2 N–H and O–H groups in total. The van der Waals surface area contributed by atoms with Gasteiger partial charge in [0, 0.05) is 28.2 Å². The first kappa shape index (κ1) is 20.0. The topological polar surface area (TPSA) is 86.4 Å². The molecule has 0 saturated carbocycles. The van der Waals surface area contributed by atoms with Crippen molar-refractivity contribution in [2.45, 2.75) is 0 Å². The number of benzene rings is 3. The third kappa shape index (κ3) is 5.34.